The first-order valence-electron chi connectivity index (χ1n) is 7.02. The lowest BCUT2D eigenvalue weighted by molar-refractivity contribution is 0.632. The van der Waals surface area contributed by atoms with Crippen LogP contribution in [-0.2, 0) is 6.54 Å². The molecule has 3 aromatic rings. The van der Waals surface area contributed by atoms with Gasteiger partial charge in [0.25, 0.3) is 0 Å². The van der Waals surface area contributed by atoms with E-state index in [9.17, 15) is 4.39 Å². The van der Waals surface area contributed by atoms with Crippen LogP contribution in [0.25, 0.3) is 11.0 Å². The molecule has 1 aliphatic heterocycles. The summed E-state index contributed by atoms with van der Waals surface area (Å²) in [6, 6.07) is 14.5. The second-order valence-corrected chi connectivity index (χ2v) is 5.50. The Morgan fingerprint density at radius 3 is 2.73 bits per heavy atom. The lowest BCUT2D eigenvalue weighted by Crippen LogP contribution is -2.33. The molecule has 0 saturated heterocycles. The van der Waals surface area contributed by atoms with Gasteiger partial charge in [-0.2, -0.15) is 0 Å². The van der Waals surface area contributed by atoms with E-state index in [0.717, 1.165) is 30.1 Å². The number of nitrogens with one attached hydrogen (secondary N) is 1. The maximum absolute atomic E-state index is 13.7. The van der Waals surface area contributed by atoms with Gasteiger partial charge in [0.2, 0.25) is 5.95 Å². The number of aromatic nitrogens is 2. The highest BCUT2D eigenvalue weighted by atomic mass is 32.1. The zero-order valence-electron chi connectivity index (χ0n) is 11.7. The van der Waals surface area contributed by atoms with Crippen molar-refractivity contribution < 1.29 is 4.39 Å². The quantitative estimate of drug-likeness (QED) is 0.698. The van der Waals surface area contributed by atoms with Gasteiger partial charge >= 0.3 is 0 Å². The molecule has 0 unspecified atom stereocenters. The average molecular weight is 312 g/mol. The summed E-state index contributed by atoms with van der Waals surface area (Å²) in [6.45, 7) is 1.54. The van der Waals surface area contributed by atoms with Crippen LogP contribution in [0.5, 0.6) is 0 Å². The second kappa shape index (κ2) is 5.06. The Morgan fingerprint density at radius 1 is 1.09 bits per heavy atom. The number of anilines is 2. The number of halogens is 1. The molecular formula is C16H13FN4S. The van der Waals surface area contributed by atoms with Crippen molar-refractivity contribution in [3.63, 3.8) is 0 Å². The fourth-order valence-electron chi connectivity index (χ4n) is 2.73. The minimum absolute atomic E-state index is 0.322. The maximum Gasteiger partial charge on any atom is 0.213 e. The molecule has 0 spiro atoms. The summed E-state index contributed by atoms with van der Waals surface area (Å²) in [4.78, 5) is 6.53. The molecule has 1 N–H and O–H groups in total. The van der Waals surface area contributed by atoms with E-state index >= 15 is 0 Å². The molecule has 1 aromatic heterocycles. The molecule has 110 valence electrons. The van der Waals surface area contributed by atoms with Crippen LogP contribution in [0, 0.1) is 5.82 Å². The van der Waals surface area contributed by atoms with Crippen LogP contribution in [0.4, 0.5) is 16.0 Å². The van der Waals surface area contributed by atoms with Crippen molar-refractivity contribution in [2.24, 2.45) is 0 Å². The number of hydrogen-bond acceptors (Lipinski definition) is 2. The van der Waals surface area contributed by atoms with E-state index in [0.29, 0.717) is 10.8 Å². The highest BCUT2D eigenvalue weighted by molar-refractivity contribution is 7.80. The summed E-state index contributed by atoms with van der Waals surface area (Å²) in [5, 5.41) is 3.42. The van der Waals surface area contributed by atoms with Crippen molar-refractivity contribution >= 4 is 40.0 Å². The standard InChI is InChI=1S/C16H13FN4S/c17-11-5-1-2-6-12(11)19-16(22)21-10-9-20-14-8-4-3-7-13(14)18-15(20)21/h1-8H,9-10H2,(H,19,22). The number of benzene rings is 2. The van der Waals surface area contributed by atoms with Gasteiger partial charge in [0.1, 0.15) is 5.82 Å². The van der Waals surface area contributed by atoms with E-state index in [4.69, 9.17) is 12.2 Å². The fraction of sp³-hybridized carbons (Fsp3) is 0.125. The van der Waals surface area contributed by atoms with Crippen LogP contribution >= 0.6 is 12.2 Å². The van der Waals surface area contributed by atoms with Gasteiger partial charge in [-0.05, 0) is 36.5 Å². The largest absolute Gasteiger partial charge is 0.330 e. The van der Waals surface area contributed by atoms with E-state index in [2.05, 4.69) is 14.9 Å². The SMILES string of the molecule is Fc1ccccc1NC(=S)N1CCn2c1nc1ccccc12. The molecule has 0 fully saturated rings. The molecule has 6 heteroatoms. The number of thiocarbonyl (C=S) groups is 1. The minimum Gasteiger partial charge on any atom is -0.330 e. The van der Waals surface area contributed by atoms with Gasteiger partial charge in [-0.15, -0.1) is 0 Å². The molecule has 0 amide bonds. The molecule has 22 heavy (non-hydrogen) atoms. The Hall–Kier alpha value is -2.47. The van der Waals surface area contributed by atoms with Crippen molar-refractivity contribution in [2.45, 2.75) is 6.54 Å². The molecule has 2 heterocycles. The first-order valence-corrected chi connectivity index (χ1v) is 7.43. The molecule has 0 radical (unpaired) electrons. The average Bonchev–Trinajstić information content (AvgIpc) is 3.08. The van der Waals surface area contributed by atoms with Crippen LogP contribution in [0.3, 0.4) is 0 Å². The number of para-hydroxylation sites is 3. The summed E-state index contributed by atoms with van der Waals surface area (Å²) in [7, 11) is 0. The van der Waals surface area contributed by atoms with E-state index in [1.807, 2.05) is 29.2 Å². The Morgan fingerprint density at radius 2 is 1.86 bits per heavy atom. The van der Waals surface area contributed by atoms with E-state index < -0.39 is 0 Å². The predicted octanol–water partition coefficient (Wildman–Crippen LogP) is 3.39. The molecule has 0 atom stereocenters. The smallest absolute Gasteiger partial charge is 0.213 e. The van der Waals surface area contributed by atoms with E-state index in [1.54, 1.807) is 18.2 Å². The maximum atomic E-state index is 13.7. The van der Waals surface area contributed by atoms with Crippen LogP contribution in [0.1, 0.15) is 0 Å². The molecule has 0 bridgehead atoms. The Labute approximate surface area is 132 Å². The third kappa shape index (κ3) is 2.03. The van der Waals surface area contributed by atoms with E-state index in [-0.39, 0.29) is 5.82 Å². The second-order valence-electron chi connectivity index (χ2n) is 5.11. The number of rotatable bonds is 1. The Kier molecular flexibility index (Phi) is 3.04. The molecule has 0 saturated carbocycles. The van der Waals surface area contributed by atoms with Gasteiger partial charge in [-0.25, -0.2) is 9.37 Å². The lowest BCUT2D eigenvalue weighted by Gasteiger charge is -2.18. The third-order valence-electron chi connectivity index (χ3n) is 3.78. The molecule has 2 aromatic carbocycles. The van der Waals surface area contributed by atoms with Gasteiger partial charge in [-0.1, -0.05) is 24.3 Å². The molecule has 4 rings (SSSR count). The van der Waals surface area contributed by atoms with Gasteiger partial charge < -0.3 is 9.88 Å². The minimum atomic E-state index is -0.322. The van der Waals surface area contributed by atoms with Crippen LogP contribution in [0.2, 0.25) is 0 Å². The summed E-state index contributed by atoms with van der Waals surface area (Å²) in [5.74, 6) is 0.479. The first kappa shape index (κ1) is 13.2. The van der Waals surface area contributed by atoms with Crippen molar-refractivity contribution in [1.29, 1.82) is 0 Å². The van der Waals surface area contributed by atoms with Crippen LogP contribution in [0.15, 0.2) is 48.5 Å². The van der Waals surface area contributed by atoms with Crippen LogP contribution in [-0.4, -0.2) is 21.2 Å². The van der Waals surface area contributed by atoms with Crippen LogP contribution < -0.4 is 10.2 Å². The number of imidazole rings is 1. The topological polar surface area (TPSA) is 33.1 Å². The normalized spacial score (nSPS) is 13.4. The van der Waals surface area contributed by atoms with Gasteiger partial charge in [0, 0.05) is 13.1 Å². The van der Waals surface area contributed by atoms with Crippen molar-refractivity contribution in [2.75, 3.05) is 16.8 Å². The molecular weight excluding hydrogens is 299 g/mol. The number of hydrogen-bond donors (Lipinski definition) is 1. The van der Waals surface area contributed by atoms with Gasteiger partial charge in [-0.3, -0.25) is 4.90 Å². The van der Waals surface area contributed by atoms with Crippen molar-refractivity contribution in [1.82, 2.24) is 9.55 Å². The lowest BCUT2D eigenvalue weighted by atomic mass is 10.3. The zero-order valence-corrected chi connectivity index (χ0v) is 12.5. The Balaban J connectivity index is 1.66. The summed E-state index contributed by atoms with van der Waals surface area (Å²) >= 11 is 5.43. The van der Waals surface area contributed by atoms with Crippen molar-refractivity contribution in [3.05, 3.63) is 54.3 Å². The van der Waals surface area contributed by atoms with E-state index in [1.165, 1.54) is 6.07 Å². The summed E-state index contributed by atoms with van der Waals surface area (Å²) in [6.07, 6.45) is 0. The monoisotopic (exact) mass is 312 g/mol. The number of nitrogens with zero attached hydrogens (tertiary/aromatic N) is 3. The molecule has 1 aliphatic rings. The van der Waals surface area contributed by atoms with Gasteiger partial charge in [0.15, 0.2) is 5.11 Å². The molecule has 0 aliphatic carbocycles. The highest BCUT2D eigenvalue weighted by Gasteiger charge is 2.26. The summed E-state index contributed by atoms with van der Waals surface area (Å²) < 4.78 is 15.9. The first-order chi connectivity index (χ1) is 10.7. The summed E-state index contributed by atoms with van der Waals surface area (Å²) in [5.41, 5.74) is 2.41. The zero-order chi connectivity index (χ0) is 15.1. The third-order valence-corrected chi connectivity index (χ3v) is 4.11. The fourth-order valence-corrected chi connectivity index (χ4v) is 3.01. The number of fused-ring (bicyclic) bond motifs is 3. The Bertz CT molecular complexity index is 873. The molecule has 4 nitrogen and oxygen atoms in total. The van der Waals surface area contributed by atoms with Gasteiger partial charge in [0.05, 0.1) is 16.7 Å². The van der Waals surface area contributed by atoms with Crippen molar-refractivity contribution in [3.8, 4) is 0 Å². The predicted molar refractivity (Wildman–Crippen MR) is 89.7 cm³/mol. The highest BCUT2D eigenvalue weighted by Crippen LogP contribution is 2.27.